The maximum Gasteiger partial charge on any atom is 0.137 e. The van der Waals surface area contributed by atoms with Gasteiger partial charge in [-0.3, -0.25) is 4.90 Å². The van der Waals surface area contributed by atoms with Crippen LogP contribution in [0.25, 0.3) is 0 Å². The molecule has 0 saturated carbocycles. The van der Waals surface area contributed by atoms with Crippen molar-refractivity contribution in [2.75, 3.05) is 13.1 Å². The molecule has 0 spiro atoms. The predicted molar refractivity (Wildman–Crippen MR) is 68.3 cm³/mol. The molecule has 1 aliphatic heterocycles. The van der Waals surface area contributed by atoms with E-state index in [4.69, 9.17) is 11.6 Å². The van der Waals surface area contributed by atoms with Crippen molar-refractivity contribution in [1.82, 2.24) is 4.90 Å². The highest BCUT2D eigenvalue weighted by Crippen LogP contribution is 2.24. The molecule has 0 amide bonds. The molecule has 1 aliphatic rings. The van der Waals surface area contributed by atoms with Gasteiger partial charge < -0.3 is 0 Å². The van der Waals surface area contributed by atoms with Crippen LogP contribution in [0.2, 0.25) is 0 Å². The summed E-state index contributed by atoms with van der Waals surface area (Å²) in [5.41, 5.74) is 0.991. The SMILES string of the molecule is Fc1cccc(CN2CCCC(Cl)C2)c1Br. The summed E-state index contributed by atoms with van der Waals surface area (Å²) in [5, 5.41) is 0.237. The van der Waals surface area contributed by atoms with Gasteiger partial charge >= 0.3 is 0 Å². The zero-order chi connectivity index (χ0) is 11.5. The highest BCUT2D eigenvalue weighted by molar-refractivity contribution is 9.10. The fourth-order valence-electron chi connectivity index (χ4n) is 2.05. The standard InChI is InChI=1S/C12H14BrClFN/c13-12-9(3-1-5-11(12)15)7-16-6-2-4-10(14)8-16/h1,3,5,10H,2,4,6-8H2. The van der Waals surface area contributed by atoms with Gasteiger partial charge in [0.15, 0.2) is 0 Å². The zero-order valence-corrected chi connectivity index (χ0v) is 11.3. The van der Waals surface area contributed by atoms with E-state index >= 15 is 0 Å². The van der Waals surface area contributed by atoms with Crippen LogP contribution in [0, 0.1) is 5.82 Å². The first-order chi connectivity index (χ1) is 7.66. The molecule has 1 saturated heterocycles. The maximum absolute atomic E-state index is 13.3. The van der Waals surface area contributed by atoms with Gasteiger partial charge in [-0.2, -0.15) is 0 Å². The van der Waals surface area contributed by atoms with Crippen molar-refractivity contribution in [2.45, 2.75) is 24.8 Å². The van der Waals surface area contributed by atoms with Crippen LogP contribution in [0.1, 0.15) is 18.4 Å². The maximum atomic E-state index is 13.3. The monoisotopic (exact) mass is 305 g/mol. The number of likely N-dealkylation sites (tertiary alicyclic amines) is 1. The molecule has 0 bridgehead atoms. The van der Waals surface area contributed by atoms with Gasteiger partial charge in [0.05, 0.1) is 4.47 Å². The van der Waals surface area contributed by atoms with Gasteiger partial charge in [-0.1, -0.05) is 12.1 Å². The second kappa shape index (κ2) is 5.48. The number of hydrogen-bond donors (Lipinski definition) is 0. The van der Waals surface area contributed by atoms with E-state index in [9.17, 15) is 4.39 Å². The molecule has 1 atom stereocenters. The largest absolute Gasteiger partial charge is 0.298 e. The van der Waals surface area contributed by atoms with Gasteiger partial charge in [-0.25, -0.2) is 4.39 Å². The first-order valence-corrected chi connectivity index (χ1v) is 6.69. The first kappa shape index (κ1) is 12.3. The summed E-state index contributed by atoms with van der Waals surface area (Å²) in [6.45, 7) is 2.71. The van der Waals surface area contributed by atoms with Crippen molar-refractivity contribution in [3.63, 3.8) is 0 Å². The van der Waals surface area contributed by atoms with Crippen LogP contribution >= 0.6 is 27.5 Å². The van der Waals surface area contributed by atoms with Gasteiger partial charge in [-0.05, 0) is 46.9 Å². The Bertz CT molecular complexity index is 372. The van der Waals surface area contributed by atoms with Gasteiger partial charge in [0, 0.05) is 18.5 Å². The van der Waals surface area contributed by atoms with Crippen molar-refractivity contribution in [3.8, 4) is 0 Å². The van der Waals surface area contributed by atoms with E-state index in [-0.39, 0.29) is 11.2 Å². The fourth-order valence-corrected chi connectivity index (χ4v) is 2.79. The molecule has 4 heteroatoms. The molecule has 0 aromatic heterocycles. The highest BCUT2D eigenvalue weighted by Gasteiger charge is 2.18. The number of nitrogens with zero attached hydrogens (tertiary/aromatic N) is 1. The van der Waals surface area contributed by atoms with Crippen LogP contribution < -0.4 is 0 Å². The molecular formula is C12H14BrClFN. The molecule has 1 heterocycles. The topological polar surface area (TPSA) is 3.24 Å². The highest BCUT2D eigenvalue weighted by atomic mass is 79.9. The number of alkyl halides is 1. The van der Waals surface area contributed by atoms with Gasteiger partial charge in [0.25, 0.3) is 0 Å². The van der Waals surface area contributed by atoms with Crippen LogP contribution in [0.3, 0.4) is 0 Å². The van der Waals surface area contributed by atoms with Crippen molar-refractivity contribution < 1.29 is 4.39 Å². The van der Waals surface area contributed by atoms with Crippen molar-refractivity contribution >= 4 is 27.5 Å². The average Bonchev–Trinajstić information content (AvgIpc) is 2.25. The summed E-state index contributed by atoms with van der Waals surface area (Å²) in [7, 11) is 0. The Morgan fingerprint density at radius 2 is 2.31 bits per heavy atom. The minimum atomic E-state index is -0.197. The van der Waals surface area contributed by atoms with E-state index in [0.29, 0.717) is 4.47 Å². The third-order valence-electron chi connectivity index (χ3n) is 2.87. The van der Waals surface area contributed by atoms with E-state index in [2.05, 4.69) is 20.8 Å². The van der Waals surface area contributed by atoms with Crippen molar-refractivity contribution in [3.05, 3.63) is 34.1 Å². The minimum Gasteiger partial charge on any atom is -0.298 e. The lowest BCUT2D eigenvalue weighted by molar-refractivity contribution is 0.223. The lowest BCUT2D eigenvalue weighted by Gasteiger charge is -2.29. The Balaban J connectivity index is 2.05. The number of benzene rings is 1. The number of rotatable bonds is 2. The zero-order valence-electron chi connectivity index (χ0n) is 8.93. The Kier molecular flexibility index (Phi) is 4.22. The fraction of sp³-hybridized carbons (Fsp3) is 0.500. The molecule has 1 aromatic carbocycles. The van der Waals surface area contributed by atoms with E-state index < -0.39 is 0 Å². The summed E-state index contributed by atoms with van der Waals surface area (Å²) in [4.78, 5) is 2.28. The number of halogens is 3. The second-order valence-electron chi connectivity index (χ2n) is 4.19. The lowest BCUT2D eigenvalue weighted by Crippen LogP contribution is -2.35. The van der Waals surface area contributed by atoms with E-state index in [1.165, 1.54) is 6.07 Å². The van der Waals surface area contributed by atoms with Crippen LogP contribution in [-0.4, -0.2) is 23.4 Å². The van der Waals surface area contributed by atoms with E-state index in [1.54, 1.807) is 6.07 Å². The van der Waals surface area contributed by atoms with Gasteiger partial charge in [0.2, 0.25) is 0 Å². The Labute approximate surface area is 109 Å². The summed E-state index contributed by atoms with van der Waals surface area (Å²) < 4.78 is 13.9. The van der Waals surface area contributed by atoms with Crippen LogP contribution in [0.5, 0.6) is 0 Å². The summed E-state index contributed by atoms with van der Waals surface area (Å²) in [6, 6.07) is 5.16. The second-order valence-corrected chi connectivity index (χ2v) is 5.60. The third-order valence-corrected chi connectivity index (χ3v) is 4.12. The van der Waals surface area contributed by atoms with Crippen LogP contribution in [0.15, 0.2) is 22.7 Å². The Hall–Kier alpha value is -0.120. The van der Waals surface area contributed by atoms with E-state index in [1.807, 2.05) is 6.07 Å². The molecule has 1 nitrogen and oxygen atoms in total. The third kappa shape index (κ3) is 2.96. The molecule has 0 N–H and O–H groups in total. The molecule has 1 fully saturated rings. The normalized spacial score (nSPS) is 22.3. The smallest absolute Gasteiger partial charge is 0.137 e. The summed E-state index contributed by atoms with van der Waals surface area (Å²) in [5.74, 6) is -0.197. The lowest BCUT2D eigenvalue weighted by atomic mass is 10.1. The molecule has 0 aliphatic carbocycles. The Morgan fingerprint density at radius 1 is 1.50 bits per heavy atom. The first-order valence-electron chi connectivity index (χ1n) is 5.46. The van der Waals surface area contributed by atoms with Crippen molar-refractivity contribution in [2.24, 2.45) is 0 Å². The van der Waals surface area contributed by atoms with Crippen molar-refractivity contribution in [1.29, 1.82) is 0 Å². The van der Waals surface area contributed by atoms with Crippen LogP contribution in [0.4, 0.5) is 4.39 Å². The summed E-state index contributed by atoms with van der Waals surface area (Å²) in [6.07, 6.45) is 2.21. The molecule has 2 rings (SSSR count). The predicted octanol–water partition coefficient (Wildman–Crippen LogP) is 3.79. The molecule has 1 aromatic rings. The molecular weight excluding hydrogens is 292 g/mol. The van der Waals surface area contributed by atoms with E-state index in [0.717, 1.165) is 38.0 Å². The molecule has 0 radical (unpaired) electrons. The quantitative estimate of drug-likeness (QED) is 0.751. The summed E-state index contributed by atoms with van der Waals surface area (Å²) >= 11 is 9.41. The minimum absolute atomic E-state index is 0.197. The van der Waals surface area contributed by atoms with Gasteiger partial charge in [0.1, 0.15) is 5.82 Å². The molecule has 1 unspecified atom stereocenters. The van der Waals surface area contributed by atoms with Crippen LogP contribution in [-0.2, 0) is 6.54 Å². The Morgan fingerprint density at radius 3 is 3.06 bits per heavy atom. The molecule has 88 valence electrons. The number of hydrogen-bond acceptors (Lipinski definition) is 1. The van der Waals surface area contributed by atoms with Gasteiger partial charge in [-0.15, -0.1) is 11.6 Å². The molecule has 16 heavy (non-hydrogen) atoms. The number of piperidine rings is 1. The average molecular weight is 307 g/mol.